The molecule has 0 saturated carbocycles. The Hall–Kier alpha value is -1.86. The summed E-state index contributed by atoms with van der Waals surface area (Å²) in [5, 5.41) is 9.05. The predicted molar refractivity (Wildman–Crippen MR) is 76.9 cm³/mol. The largest absolute Gasteiger partial charge is 0.313 e. The minimum absolute atomic E-state index is 0.182. The number of nitrogens with zero attached hydrogens (tertiary/aromatic N) is 4. The molecule has 0 saturated heterocycles. The van der Waals surface area contributed by atoms with E-state index in [9.17, 15) is 0 Å². The fourth-order valence-electron chi connectivity index (χ4n) is 2.19. The van der Waals surface area contributed by atoms with Crippen LogP contribution in [0.3, 0.4) is 0 Å². The van der Waals surface area contributed by atoms with E-state index in [-0.39, 0.29) is 6.04 Å². The van der Waals surface area contributed by atoms with Gasteiger partial charge in [-0.15, -0.1) is 0 Å². The summed E-state index contributed by atoms with van der Waals surface area (Å²) in [5.74, 6) is 0.951. The molecule has 1 heterocycles. The molecule has 0 aliphatic carbocycles. The number of rotatable bonds is 3. The van der Waals surface area contributed by atoms with Crippen molar-refractivity contribution < 1.29 is 0 Å². The fourth-order valence-corrected chi connectivity index (χ4v) is 2.19. The first kappa shape index (κ1) is 13.6. The molecule has 0 radical (unpaired) electrons. The predicted octanol–water partition coefficient (Wildman–Crippen LogP) is 2.80. The second-order valence-electron chi connectivity index (χ2n) is 5.28. The first-order chi connectivity index (χ1) is 8.95. The molecule has 2 rings (SSSR count). The van der Waals surface area contributed by atoms with E-state index in [1.165, 1.54) is 11.1 Å². The highest BCUT2D eigenvalue weighted by atomic mass is 15.2. The van der Waals surface area contributed by atoms with E-state index < -0.39 is 0 Å². The molecule has 19 heavy (non-hydrogen) atoms. The third kappa shape index (κ3) is 2.34. The second kappa shape index (κ2) is 5.02. The number of benzene rings is 1. The summed E-state index contributed by atoms with van der Waals surface area (Å²) < 4.78 is 2.02. The number of imidazole rings is 1. The molecule has 1 aromatic heterocycles. The summed E-state index contributed by atoms with van der Waals surface area (Å²) in [6.45, 7) is 6.63. The molecular weight excluding hydrogens is 236 g/mol. The van der Waals surface area contributed by atoms with E-state index >= 15 is 0 Å². The summed E-state index contributed by atoms with van der Waals surface area (Å²) in [6, 6.07) is 6.64. The van der Waals surface area contributed by atoms with E-state index in [0.717, 1.165) is 16.9 Å². The number of aryl methyl sites for hydroxylation is 2. The number of aromatic nitrogens is 2. The Kier molecular flexibility index (Phi) is 3.59. The summed E-state index contributed by atoms with van der Waals surface area (Å²) >= 11 is 0. The van der Waals surface area contributed by atoms with Crippen LogP contribution in [0.5, 0.6) is 0 Å². The highest BCUT2D eigenvalue weighted by Gasteiger charge is 2.18. The van der Waals surface area contributed by atoms with Crippen LogP contribution < -0.4 is 0 Å². The molecule has 0 fully saturated rings. The molecule has 0 amide bonds. The zero-order chi connectivity index (χ0) is 14.2. The van der Waals surface area contributed by atoms with Crippen molar-refractivity contribution in [2.24, 2.45) is 0 Å². The highest BCUT2D eigenvalue weighted by Crippen LogP contribution is 2.25. The van der Waals surface area contributed by atoms with Crippen LogP contribution in [0.1, 0.15) is 29.9 Å². The first-order valence-corrected chi connectivity index (χ1v) is 6.46. The molecule has 4 nitrogen and oxygen atoms in total. The molecular formula is C15H20N4. The zero-order valence-corrected chi connectivity index (χ0v) is 12.2. The van der Waals surface area contributed by atoms with Crippen molar-refractivity contribution >= 4 is 11.0 Å². The molecule has 0 aliphatic rings. The Morgan fingerprint density at radius 2 is 1.95 bits per heavy atom. The second-order valence-corrected chi connectivity index (χ2v) is 5.28. The van der Waals surface area contributed by atoms with Gasteiger partial charge in [-0.25, -0.2) is 4.98 Å². The minimum Gasteiger partial charge on any atom is -0.313 e. The van der Waals surface area contributed by atoms with Gasteiger partial charge in [-0.05, 0) is 58.1 Å². The van der Waals surface area contributed by atoms with Crippen molar-refractivity contribution in [3.8, 4) is 6.07 Å². The smallest absolute Gasteiger partial charge is 0.127 e. The maximum Gasteiger partial charge on any atom is 0.127 e. The quantitative estimate of drug-likeness (QED) is 0.848. The number of hydrogen-bond acceptors (Lipinski definition) is 3. The van der Waals surface area contributed by atoms with Crippen LogP contribution in [0, 0.1) is 25.2 Å². The standard InChI is InChI=1S/C15H20N4/c1-10-8-13-14(9-11(10)2)19(7-6-16)15(17-13)12(3)18(4)5/h8-9,12H,7H2,1-5H3. The van der Waals surface area contributed by atoms with Crippen molar-refractivity contribution in [2.45, 2.75) is 33.4 Å². The first-order valence-electron chi connectivity index (χ1n) is 6.46. The van der Waals surface area contributed by atoms with Crippen LogP contribution in [0.4, 0.5) is 0 Å². The van der Waals surface area contributed by atoms with Gasteiger partial charge in [-0.1, -0.05) is 0 Å². The van der Waals surface area contributed by atoms with Gasteiger partial charge in [0.25, 0.3) is 0 Å². The Balaban J connectivity index is 2.70. The van der Waals surface area contributed by atoms with Crippen LogP contribution in [0.25, 0.3) is 11.0 Å². The van der Waals surface area contributed by atoms with Gasteiger partial charge < -0.3 is 4.57 Å². The van der Waals surface area contributed by atoms with Gasteiger partial charge in [0.15, 0.2) is 0 Å². The molecule has 0 aliphatic heterocycles. The van der Waals surface area contributed by atoms with Crippen molar-refractivity contribution in [1.82, 2.24) is 14.5 Å². The number of fused-ring (bicyclic) bond motifs is 1. The van der Waals surface area contributed by atoms with Crippen molar-refractivity contribution in [1.29, 1.82) is 5.26 Å². The Morgan fingerprint density at radius 3 is 2.53 bits per heavy atom. The van der Waals surface area contributed by atoms with E-state index in [4.69, 9.17) is 10.2 Å². The van der Waals surface area contributed by atoms with Crippen LogP contribution >= 0.6 is 0 Å². The molecule has 0 spiro atoms. The lowest BCUT2D eigenvalue weighted by Gasteiger charge is -2.19. The van der Waals surface area contributed by atoms with Crippen LogP contribution in [0.2, 0.25) is 0 Å². The molecule has 4 heteroatoms. The summed E-state index contributed by atoms with van der Waals surface area (Å²) in [5.41, 5.74) is 4.49. The van der Waals surface area contributed by atoms with E-state index in [1.807, 2.05) is 18.7 Å². The van der Waals surface area contributed by atoms with Crippen molar-refractivity contribution in [3.63, 3.8) is 0 Å². The van der Waals surface area contributed by atoms with Crippen LogP contribution in [0.15, 0.2) is 12.1 Å². The monoisotopic (exact) mass is 256 g/mol. The lowest BCUT2D eigenvalue weighted by Crippen LogP contribution is -2.20. The number of hydrogen-bond donors (Lipinski definition) is 0. The zero-order valence-electron chi connectivity index (χ0n) is 12.2. The Morgan fingerprint density at radius 1 is 1.32 bits per heavy atom. The van der Waals surface area contributed by atoms with Gasteiger partial charge in [-0.2, -0.15) is 5.26 Å². The number of nitriles is 1. The lowest BCUT2D eigenvalue weighted by atomic mass is 10.1. The maximum absolute atomic E-state index is 9.05. The third-order valence-electron chi connectivity index (χ3n) is 3.77. The summed E-state index contributed by atoms with van der Waals surface area (Å²) in [4.78, 5) is 6.83. The molecule has 1 unspecified atom stereocenters. The van der Waals surface area contributed by atoms with Crippen molar-refractivity contribution in [2.75, 3.05) is 14.1 Å². The molecule has 0 bridgehead atoms. The lowest BCUT2D eigenvalue weighted by molar-refractivity contribution is 0.303. The summed E-state index contributed by atoms with van der Waals surface area (Å²) in [7, 11) is 4.05. The Labute approximate surface area is 114 Å². The van der Waals surface area contributed by atoms with E-state index in [0.29, 0.717) is 6.54 Å². The topological polar surface area (TPSA) is 44.9 Å². The Bertz CT molecular complexity index is 646. The van der Waals surface area contributed by atoms with E-state index in [2.05, 4.69) is 43.9 Å². The summed E-state index contributed by atoms with van der Waals surface area (Å²) in [6.07, 6.45) is 0. The minimum atomic E-state index is 0.182. The van der Waals surface area contributed by atoms with Gasteiger partial charge >= 0.3 is 0 Å². The van der Waals surface area contributed by atoms with Crippen LogP contribution in [-0.2, 0) is 6.54 Å². The molecule has 1 atom stereocenters. The molecule has 1 aromatic carbocycles. The van der Waals surface area contributed by atoms with E-state index in [1.54, 1.807) is 0 Å². The third-order valence-corrected chi connectivity index (χ3v) is 3.77. The average molecular weight is 256 g/mol. The van der Waals surface area contributed by atoms with Crippen molar-refractivity contribution in [3.05, 3.63) is 29.1 Å². The SMILES string of the molecule is Cc1cc2nc(C(C)N(C)C)n(CC#N)c2cc1C. The normalized spacial score (nSPS) is 12.9. The van der Waals surface area contributed by atoms with Gasteiger partial charge in [-0.3, -0.25) is 4.90 Å². The maximum atomic E-state index is 9.05. The van der Waals surface area contributed by atoms with Crippen LogP contribution in [-0.4, -0.2) is 28.5 Å². The molecule has 100 valence electrons. The van der Waals surface area contributed by atoms with Gasteiger partial charge in [0.1, 0.15) is 12.4 Å². The molecule has 2 aromatic rings. The average Bonchev–Trinajstić information content (AvgIpc) is 2.68. The highest BCUT2D eigenvalue weighted by molar-refractivity contribution is 5.78. The van der Waals surface area contributed by atoms with Gasteiger partial charge in [0, 0.05) is 0 Å². The molecule has 0 N–H and O–H groups in total. The van der Waals surface area contributed by atoms with Gasteiger partial charge in [0.2, 0.25) is 0 Å². The fraction of sp³-hybridized carbons (Fsp3) is 0.467. The van der Waals surface area contributed by atoms with Gasteiger partial charge in [0.05, 0.1) is 23.1 Å².